The Balaban J connectivity index is 1.30. The summed E-state index contributed by atoms with van der Waals surface area (Å²) >= 11 is 1.70. The van der Waals surface area contributed by atoms with Gasteiger partial charge >= 0.3 is 0 Å². The van der Waals surface area contributed by atoms with Crippen molar-refractivity contribution in [3.8, 4) is 0 Å². The highest BCUT2D eigenvalue weighted by atomic mass is 32.1. The van der Waals surface area contributed by atoms with Crippen LogP contribution < -0.4 is 5.32 Å². The number of carbonyl (C=O) groups excluding carboxylic acids is 1. The number of aryl methyl sites for hydroxylation is 1. The van der Waals surface area contributed by atoms with Gasteiger partial charge in [0.15, 0.2) is 0 Å². The van der Waals surface area contributed by atoms with Crippen molar-refractivity contribution in [2.24, 2.45) is 5.92 Å². The average molecular weight is 429 g/mol. The van der Waals surface area contributed by atoms with Gasteiger partial charge < -0.3 is 9.88 Å². The fourth-order valence-electron chi connectivity index (χ4n) is 4.12. The molecule has 31 heavy (non-hydrogen) atoms. The van der Waals surface area contributed by atoms with Gasteiger partial charge in [-0.05, 0) is 49.6 Å². The second kappa shape index (κ2) is 8.47. The zero-order valence-electron chi connectivity index (χ0n) is 17.4. The minimum Gasteiger partial charge on any atom is -0.331 e. The Kier molecular flexibility index (Phi) is 5.38. The summed E-state index contributed by atoms with van der Waals surface area (Å²) in [6, 6.07) is 16.2. The average Bonchev–Trinajstić information content (AvgIpc) is 3.41. The third-order valence-corrected chi connectivity index (χ3v) is 7.06. The van der Waals surface area contributed by atoms with Crippen LogP contribution in [0.3, 0.4) is 0 Å². The van der Waals surface area contributed by atoms with Crippen LogP contribution in [0.5, 0.6) is 0 Å². The molecule has 5 nitrogen and oxygen atoms in total. The van der Waals surface area contributed by atoms with Gasteiger partial charge in [0.05, 0.1) is 21.1 Å². The Bertz CT molecular complexity index is 1200. The SMILES string of the molecule is Cc1nccn1Cc1ccc(NC(=O)C2CC=CCC2c2nc3ccccc3s2)cc1. The summed E-state index contributed by atoms with van der Waals surface area (Å²) in [7, 11) is 0. The lowest BCUT2D eigenvalue weighted by molar-refractivity contribution is -0.120. The van der Waals surface area contributed by atoms with E-state index in [0.717, 1.165) is 41.4 Å². The molecule has 0 saturated heterocycles. The summed E-state index contributed by atoms with van der Waals surface area (Å²) in [6.07, 6.45) is 9.66. The van der Waals surface area contributed by atoms with Crippen molar-refractivity contribution in [2.45, 2.75) is 32.2 Å². The number of rotatable bonds is 5. The summed E-state index contributed by atoms with van der Waals surface area (Å²) in [5, 5.41) is 4.18. The molecule has 1 aliphatic rings. The molecule has 2 unspecified atom stereocenters. The molecule has 0 spiro atoms. The molecule has 0 radical (unpaired) electrons. The van der Waals surface area contributed by atoms with Gasteiger partial charge in [0, 0.05) is 30.5 Å². The van der Waals surface area contributed by atoms with Crippen molar-refractivity contribution in [1.29, 1.82) is 0 Å². The normalized spacial score (nSPS) is 18.4. The summed E-state index contributed by atoms with van der Waals surface area (Å²) in [6.45, 7) is 2.77. The van der Waals surface area contributed by atoms with Gasteiger partial charge in [-0.3, -0.25) is 4.79 Å². The van der Waals surface area contributed by atoms with Crippen LogP contribution >= 0.6 is 11.3 Å². The topological polar surface area (TPSA) is 59.8 Å². The van der Waals surface area contributed by atoms with Crippen molar-refractivity contribution in [3.05, 3.63) is 89.5 Å². The van der Waals surface area contributed by atoms with Crippen LogP contribution in [-0.4, -0.2) is 20.4 Å². The predicted molar refractivity (Wildman–Crippen MR) is 125 cm³/mol. The molecule has 1 amide bonds. The van der Waals surface area contributed by atoms with Gasteiger partial charge in [-0.25, -0.2) is 9.97 Å². The molecule has 5 rings (SSSR count). The number of benzene rings is 2. The Morgan fingerprint density at radius 1 is 1.13 bits per heavy atom. The number of nitrogens with one attached hydrogen (secondary N) is 1. The number of anilines is 1. The number of fused-ring (bicyclic) bond motifs is 1. The van der Waals surface area contributed by atoms with Crippen LogP contribution in [-0.2, 0) is 11.3 Å². The first kappa shape index (κ1) is 19.7. The second-order valence-corrected chi connectivity index (χ2v) is 9.03. The summed E-state index contributed by atoms with van der Waals surface area (Å²) in [5.41, 5.74) is 3.01. The summed E-state index contributed by atoms with van der Waals surface area (Å²) < 4.78 is 3.28. The smallest absolute Gasteiger partial charge is 0.228 e. The molecule has 2 heterocycles. The molecule has 2 aromatic heterocycles. The number of imidazole rings is 1. The maximum absolute atomic E-state index is 13.2. The largest absolute Gasteiger partial charge is 0.331 e. The first-order chi connectivity index (χ1) is 15.2. The number of para-hydroxylation sites is 1. The molecule has 0 aliphatic heterocycles. The van der Waals surface area contributed by atoms with Gasteiger partial charge in [-0.2, -0.15) is 0 Å². The molecule has 1 aliphatic carbocycles. The summed E-state index contributed by atoms with van der Waals surface area (Å²) in [4.78, 5) is 22.3. The molecular formula is C25H24N4OS. The quantitative estimate of drug-likeness (QED) is 0.425. The minimum absolute atomic E-state index is 0.0619. The van der Waals surface area contributed by atoms with E-state index in [1.807, 2.05) is 49.6 Å². The standard InChI is InChI=1S/C25H24N4OS/c1-17-26-14-15-29(17)16-18-10-12-19(13-11-18)27-24(30)20-6-2-3-7-21(20)25-28-22-8-4-5-9-23(22)31-25/h2-5,8-15,20-21H,6-7,16H2,1H3,(H,27,30). The van der Waals surface area contributed by atoms with E-state index < -0.39 is 0 Å². The van der Waals surface area contributed by atoms with Gasteiger partial charge in [0.25, 0.3) is 0 Å². The van der Waals surface area contributed by atoms with Gasteiger partial charge in [-0.15, -0.1) is 11.3 Å². The molecule has 4 aromatic rings. The van der Waals surface area contributed by atoms with E-state index in [4.69, 9.17) is 4.98 Å². The van der Waals surface area contributed by atoms with E-state index in [1.165, 1.54) is 10.3 Å². The molecular weight excluding hydrogens is 404 g/mol. The Morgan fingerprint density at radius 2 is 1.94 bits per heavy atom. The fraction of sp³-hybridized carbons (Fsp3) is 0.240. The van der Waals surface area contributed by atoms with Crippen molar-refractivity contribution in [2.75, 3.05) is 5.32 Å². The van der Waals surface area contributed by atoms with E-state index in [1.54, 1.807) is 11.3 Å². The Morgan fingerprint density at radius 3 is 2.71 bits per heavy atom. The van der Waals surface area contributed by atoms with Crippen LogP contribution in [0.25, 0.3) is 10.2 Å². The second-order valence-electron chi connectivity index (χ2n) is 7.96. The van der Waals surface area contributed by atoms with Gasteiger partial charge in [-0.1, -0.05) is 36.4 Å². The molecule has 0 bridgehead atoms. The lowest BCUT2D eigenvalue weighted by atomic mass is 9.82. The Labute approximate surface area is 185 Å². The monoisotopic (exact) mass is 428 g/mol. The van der Waals surface area contributed by atoms with Crippen molar-refractivity contribution in [3.63, 3.8) is 0 Å². The van der Waals surface area contributed by atoms with E-state index in [9.17, 15) is 4.79 Å². The first-order valence-electron chi connectivity index (χ1n) is 10.6. The number of aromatic nitrogens is 3. The van der Waals surface area contributed by atoms with Crippen LogP contribution in [0.1, 0.15) is 35.2 Å². The zero-order chi connectivity index (χ0) is 21.2. The van der Waals surface area contributed by atoms with E-state index in [-0.39, 0.29) is 17.7 Å². The highest BCUT2D eigenvalue weighted by Crippen LogP contribution is 2.39. The van der Waals surface area contributed by atoms with Gasteiger partial charge in [0.1, 0.15) is 5.82 Å². The maximum Gasteiger partial charge on any atom is 0.228 e. The predicted octanol–water partition coefficient (Wildman–Crippen LogP) is 5.54. The number of hydrogen-bond acceptors (Lipinski definition) is 4. The number of amides is 1. The lowest BCUT2D eigenvalue weighted by Gasteiger charge is -2.26. The van der Waals surface area contributed by atoms with Crippen LogP contribution in [0.2, 0.25) is 0 Å². The third-order valence-electron chi connectivity index (χ3n) is 5.89. The number of thiazole rings is 1. The van der Waals surface area contributed by atoms with Crippen molar-refractivity contribution < 1.29 is 4.79 Å². The molecule has 2 aromatic carbocycles. The number of hydrogen-bond donors (Lipinski definition) is 1. The van der Waals surface area contributed by atoms with E-state index in [0.29, 0.717) is 0 Å². The fourth-order valence-corrected chi connectivity index (χ4v) is 5.27. The van der Waals surface area contributed by atoms with Crippen LogP contribution in [0, 0.1) is 12.8 Å². The first-order valence-corrected chi connectivity index (χ1v) is 11.4. The molecule has 1 N–H and O–H groups in total. The number of nitrogens with zero attached hydrogens (tertiary/aromatic N) is 3. The van der Waals surface area contributed by atoms with E-state index in [2.05, 4.69) is 45.2 Å². The highest BCUT2D eigenvalue weighted by molar-refractivity contribution is 7.18. The van der Waals surface area contributed by atoms with E-state index >= 15 is 0 Å². The molecule has 0 saturated carbocycles. The summed E-state index contributed by atoms with van der Waals surface area (Å²) in [5.74, 6) is 1.06. The van der Waals surface area contributed by atoms with Gasteiger partial charge in [0.2, 0.25) is 5.91 Å². The molecule has 156 valence electrons. The molecule has 0 fully saturated rings. The molecule has 2 atom stereocenters. The lowest BCUT2D eigenvalue weighted by Crippen LogP contribution is -2.29. The highest BCUT2D eigenvalue weighted by Gasteiger charge is 2.32. The third kappa shape index (κ3) is 4.16. The maximum atomic E-state index is 13.2. The van der Waals surface area contributed by atoms with Crippen LogP contribution in [0.4, 0.5) is 5.69 Å². The Hall–Kier alpha value is -3.25. The molecule has 6 heteroatoms. The van der Waals surface area contributed by atoms with Crippen LogP contribution in [0.15, 0.2) is 73.1 Å². The van der Waals surface area contributed by atoms with Crippen molar-refractivity contribution >= 4 is 33.1 Å². The zero-order valence-corrected chi connectivity index (χ0v) is 18.2. The number of allylic oxidation sites excluding steroid dienone is 2. The minimum atomic E-state index is -0.112. The number of carbonyl (C=O) groups is 1. The van der Waals surface area contributed by atoms with Crippen molar-refractivity contribution in [1.82, 2.24) is 14.5 Å².